The summed E-state index contributed by atoms with van der Waals surface area (Å²) in [5.74, 6) is 1.37. The zero-order valence-corrected chi connectivity index (χ0v) is 13.6. The van der Waals surface area contributed by atoms with Crippen LogP contribution in [0.1, 0.15) is 33.6 Å². The minimum absolute atomic E-state index is 0.136. The van der Waals surface area contributed by atoms with Crippen LogP contribution in [0.25, 0.3) is 0 Å². The lowest BCUT2D eigenvalue weighted by molar-refractivity contribution is 0.244. The Kier molecular flexibility index (Phi) is 5.74. The lowest BCUT2D eigenvalue weighted by atomic mass is 10.1. The third-order valence-corrected chi connectivity index (χ3v) is 3.84. The summed E-state index contributed by atoms with van der Waals surface area (Å²) >= 11 is 0. The molecule has 4 nitrogen and oxygen atoms in total. The zero-order valence-electron chi connectivity index (χ0n) is 13.6. The number of nitrogens with two attached hydrogens (primary N) is 1. The smallest absolute Gasteiger partial charge is 0.144 e. The number of para-hydroxylation sites is 1. The summed E-state index contributed by atoms with van der Waals surface area (Å²) in [4.78, 5) is 2.55. The largest absolute Gasteiger partial charge is 0.489 e. The van der Waals surface area contributed by atoms with Crippen molar-refractivity contribution in [3.63, 3.8) is 0 Å². The number of ether oxygens (including phenoxy) is 1. The first-order chi connectivity index (χ1) is 10.1. The number of benzene rings is 1. The molecule has 1 aliphatic rings. The van der Waals surface area contributed by atoms with Crippen LogP contribution in [0.5, 0.6) is 5.75 Å². The van der Waals surface area contributed by atoms with Crippen LogP contribution < -0.4 is 15.8 Å². The molecule has 0 radical (unpaired) electrons. The van der Waals surface area contributed by atoms with Crippen LogP contribution in [0.15, 0.2) is 18.2 Å². The predicted octanol–water partition coefficient (Wildman–Crippen LogP) is 3.20. The highest BCUT2D eigenvalue weighted by molar-refractivity contribution is 5.72. The second kappa shape index (κ2) is 7.55. The molecule has 1 aliphatic heterocycles. The van der Waals surface area contributed by atoms with E-state index in [4.69, 9.17) is 10.5 Å². The molecular formula is C17H29N3O. The van der Waals surface area contributed by atoms with Gasteiger partial charge in [-0.2, -0.15) is 0 Å². The topological polar surface area (TPSA) is 50.5 Å². The van der Waals surface area contributed by atoms with Gasteiger partial charge in [0.25, 0.3) is 0 Å². The first-order valence-corrected chi connectivity index (χ1v) is 8.07. The fourth-order valence-corrected chi connectivity index (χ4v) is 2.81. The van der Waals surface area contributed by atoms with Crippen molar-refractivity contribution in [2.45, 2.75) is 39.7 Å². The maximum atomic E-state index is 6.18. The van der Waals surface area contributed by atoms with E-state index in [0.717, 1.165) is 24.5 Å². The second-order valence-corrected chi connectivity index (χ2v) is 6.38. The number of hydrogen-bond donors (Lipinski definition) is 2. The van der Waals surface area contributed by atoms with Gasteiger partial charge in [-0.05, 0) is 57.8 Å². The molecule has 1 fully saturated rings. The maximum Gasteiger partial charge on any atom is 0.144 e. The molecule has 1 aromatic rings. The molecule has 0 saturated carbocycles. The lowest BCUT2D eigenvalue weighted by Gasteiger charge is -2.22. The summed E-state index contributed by atoms with van der Waals surface area (Å²) in [5.41, 5.74) is 7.86. The van der Waals surface area contributed by atoms with E-state index in [9.17, 15) is 0 Å². The maximum absolute atomic E-state index is 6.18. The molecule has 118 valence electrons. The van der Waals surface area contributed by atoms with Gasteiger partial charge in [0.1, 0.15) is 5.75 Å². The summed E-state index contributed by atoms with van der Waals surface area (Å²) in [6.07, 6.45) is 2.83. The van der Waals surface area contributed by atoms with Gasteiger partial charge in [0, 0.05) is 13.1 Å². The van der Waals surface area contributed by atoms with E-state index in [1.807, 2.05) is 32.0 Å². The van der Waals surface area contributed by atoms with E-state index in [1.165, 1.54) is 25.9 Å². The van der Waals surface area contributed by atoms with Crippen LogP contribution in [0.2, 0.25) is 0 Å². The minimum atomic E-state index is 0.136. The molecule has 3 N–H and O–H groups in total. The normalized spacial score (nSPS) is 17.1. The minimum Gasteiger partial charge on any atom is -0.489 e. The lowest BCUT2D eigenvalue weighted by Crippen LogP contribution is -2.29. The van der Waals surface area contributed by atoms with Crippen LogP contribution in [-0.4, -0.2) is 37.2 Å². The first-order valence-electron chi connectivity index (χ1n) is 8.07. The average molecular weight is 291 g/mol. The SMILES string of the molecule is CC(CNc1cccc(OC(C)C)c1N)CN1CCCC1. The number of anilines is 2. The number of nitrogens with one attached hydrogen (secondary N) is 1. The van der Waals surface area contributed by atoms with Crippen molar-refractivity contribution in [2.75, 3.05) is 37.2 Å². The highest BCUT2D eigenvalue weighted by atomic mass is 16.5. The van der Waals surface area contributed by atoms with Gasteiger partial charge in [-0.15, -0.1) is 0 Å². The molecule has 4 heteroatoms. The Morgan fingerprint density at radius 2 is 1.95 bits per heavy atom. The molecule has 1 unspecified atom stereocenters. The molecule has 0 amide bonds. The Morgan fingerprint density at radius 3 is 2.62 bits per heavy atom. The summed E-state index contributed by atoms with van der Waals surface area (Å²) in [6, 6.07) is 5.93. The van der Waals surface area contributed by atoms with Gasteiger partial charge in [-0.25, -0.2) is 0 Å². The molecular weight excluding hydrogens is 262 g/mol. The molecule has 1 aromatic carbocycles. The van der Waals surface area contributed by atoms with Gasteiger partial charge in [0.05, 0.1) is 17.5 Å². The van der Waals surface area contributed by atoms with Gasteiger partial charge in [0.2, 0.25) is 0 Å². The van der Waals surface area contributed by atoms with Gasteiger partial charge in [-0.3, -0.25) is 0 Å². The zero-order chi connectivity index (χ0) is 15.2. The quantitative estimate of drug-likeness (QED) is 0.758. The number of likely N-dealkylation sites (tertiary alicyclic amines) is 1. The fraction of sp³-hybridized carbons (Fsp3) is 0.647. The predicted molar refractivity (Wildman–Crippen MR) is 89.9 cm³/mol. The molecule has 1 atom stereocenters. The first kappa shape index (κ1) is 16.0. The number of nitrogens with zero attached hydrogens (tertiary/aromatic N) is 1. The Morgan fingerprint density at radius 1 is 1.24 bits per heavy atom. The molecule has 0 aromatic heterocycles. The Hall–Kier alpha value is -1.42. The number of rotatable bonds is 7. The standard InChI is InChI=1S/C17H29N3O/c1-13(2)21-16-8-6-7-15(17(16)18)19-11-14(3)12-20-9-4-5-10-20/h6-8,13-14,19H,4-5,9-12,18H2,1-3H3. The highest BCUT2D eigenvalue weighted by Gasteiger charge is 2.15. The number of nitrogen functional groups attached to an aromatic ring is 1. The van der Waals surface area contributed by atoms with Gasteiger partial charge >= 0.3 is 0 Å². The molecule has 0 bridgehead atoms. The second-order valence-electron chi connectivity index (χ2n) is 6.38. The molecule has 0 spiro atoms. The molecule has 0 aliphatic carbocycles. The van der Waals surface area contributed by atoms with Crippen molar-refractivity contribution in [3.05, 3.63) is 18.2 Å². The molecule has 1 saturated heterocycles. The van der Waals surface area contributed by atoms with Crippen LogP contribution in [0, 0.1) is 5.92 Å². The van der Waals surface area contributed by atoms with E-state index in [-0.39, 0.29) is 6.10 Å². The Labute approximate surface area is 128 Å². The third-order valence-electron chi connectivity index (χ3n) is 3.84. The Balaban J connectivity index is 1.87. The van der Waals surface area contributed by atoms with Crippen molar-refractivity contribution in [1.29, 1.82) is 0 Å². The van der Waals surface area contributed by atoms with Crippen molar-refractivity contribution < 1.29 is 4.74 Å². The van der Waals surface area contributed by atoms with E-state index in [0.29, 0.717) is 11.6 Å². The third kappa shape index (κ3) is 4.81. The van der Waals surface area contributed by atoms with E-state index < -0.39 is 0 Å². The van der Waals surface area contributed by atoms with Gasteiger partial charge < -0.3 is 20.7 Å². The van der Waals surface area contributed by atoms with Gasteiger partial charge in [0.15, 0.2) is 0 Å². The summed E-state index contributed by atoms with van der Waals surface area (Å²) in [5, 5.41) is 3.47. The van der Waals surface area contributed by atoms with Crippen LogP contribution >= 0.6 is 0 Å². The summed E-state index contributed by atoms with van der Waals surface area (Å²) in [6.45, 7) is 10.9. The molecule has 1 heterocycles. The highest BCUT2D eigenvalue weighted by Crippen LogP contribution is 2.30. The summed E-state index contributed by atoms with van der Waals surface area (Å²) < 4.78 is 5.73. The molecule has 2 rings (SSSR count). The molecule has 21 heavy (non-hydrogen) atoms. The van der Waals surface area contributed by atoms with Gasteiger partial charge in [-0.1, -0.05) is 13.0 Å². The van der Waals surface area contributed by atoms with Crippen molar-refractivity contribution in [3.8, 4) is 5.75 Å². The monoisotopic (exact) mass is 291 g/mol. The average Bonchev–Trinajstić information content (AvgIpc) is 2.92. The van der Waals surface area contributed by atoms with Crippen molar-refractivity contribution in [2.24, 2.45) is 5.92 Å². The van der Waals surface area contributed by atoms with E-state index in [1.54, 1.807) is 0 Å². The van der Waals surface area contributed by atoms with E-state index >= 15 is 0 Å². The summed E-state index contributed by atoms with van der Waals surface area (Å²) in [7, 11) is 0. The number of hydrogen-bond acceptors (Lipinski definition) is 4. The van der Waals surface area contributed by atoms with Crippen LogP contribution in [-0.2, 0) is 0 Å². The van der Waals surface area contributed by atoms with Crippen molar-refractivity contribution >= 4 is 11.4 Å². The van der Waals surface area contributed by atoms with Crippen LogP contribution in [0.3, 0.4) is 0 Å². The Bertz CT molecular complexity index is 442. The van der Waals surface area contributed by atoms with Crippen LogP contribution in [0.4, 0.5) is 11.4 Å². The van der Waals surface area contributed by atoms with E-state index in [2.05, 4.69) is 17.1 Å². The fourth-order valence-electron chi connectivity index (χ4n) is 2.81. The van der Waals surface area contributed by atoms with Crippen molar-refractivity contribution in [1.82, 2.24) is 4.90 Å².